The smallest absolute Gasteiger partial charge is 0.416 e. The van der Waals surface area contributed by atoms with Crippen LogP contribution in [0.3, 0.4) is 0 Å². The molecule has 1 unspecified atom stereocenters. The van der Waals surface area contributed by atoms with Gasteiger partial charge >= 0.3 is 18.4 Å². The molecule has 6 nitrogen and oxygen atoms in total. The number of para-hydroxylation sites is 1. The summed E-state index contributed by atoms with van der Waals surface area (Å²) in [7, 11) is 0. The van der Waals surface area contributed by atoms with Gasteiger partial charge in [-0.05, 0) is 36.8 Å². The van der Waals surface area contributed by atoms with Crippen LogP contribution in [0.2, 0.25) is 0 Å². The van der Waals surface area contributed by atoms with Gasteiger partial charge in [0.15, 0.2) is 0 Å². The molecule has 178 valence electrons. The minimum Gasteiger partial charge on any atom is -0.489 e. The molecule has 0 aromatic heterocycles. The van der Waals surface area contributed by atoms with Gasteiger partial charge in [-0.2, -0.15) is 26.3 Å². The molecule has 0 bridgehead atoms. The highest BCUT2D eigenvalue weighted by Crippen LogP contribution is 2.36. The van der Waals surface area contributed by atoms with Crippen LogP contribution in [0.4, 0.5) is 31.1 Å². The lowest BCUT2D eigenvalue weighted by Gasteiger charge is -2.20. The van der Waals surface area contributed by atoms with E-state index in [1.807, 2.05) is 0 Å². The van der Waals surface area contributed by atoms with Gasteiger partial charge in [-0.25, -0.2) is 4.79 Å². The Kier molecular flexibility index (Phi) is 6.86. The summed E-state index contributed by atoms with van der Waals surface area (Å²) in [5, 5.41) is 7.56. The van der Waals surface area contributed by atoms with E-state index in [2.05, 4.69) is 16.0 Å². The lowest BCUT2D eigenvalue weighted by Crippen LogP contribution is -2.40. The molecule has 0 aliphatic carbocycles. The largest absolute Gasteiger partial charge is 0.489 e. The predicted molar refractivity (Wildman–Crippen MR) is 104 cm³/mol. The van der Waals surface area contributed by atoms with Gasteiger partial charge in [-0.15, -0.1) is 0 Å². The topological polar surface area (TPSA) is 79.5 Å². The summed E-state index contributed by atoms with van der Waals surface area (Å²) in [6, 6.07) is 5.94. The number of halogens is 6. The Balaban J connectivity index is 1.75. The van der Waals surface area contributed by atoms with E-state index in [1.165, 1.54) is 6.07 Å². The number of carbonyl (C=O) groups is 2. The van der Waals surface area contributed by atoms with Crippen LogP contribution in [0.15, 0.2) is 42.5 Å². The number of ether oxygens (including phenoxy) is 1. The van der Waals surface area contributed by atoms with Gasteiger partial charge in [0.2, 0.25) is 0 Å². The molecule has 2 atom stereocenters. The minimum absolute atomic E-state index is 0.0569. The van der Waals surface area contributed by atoms with Crippen molar-refractivity contribution in [3.63, 3.8) is 0 Å². The lowest BCUT2D eigenvalue weighted by molar-refractivity contribution is -0.143. The first-order valence-electron chi connectivity index (χ1n) is 9.69. The standard InChI is InChI=1S/C21H19F6N3O3/c1-11(28-9-16-18(31)30-19(32)29-16)15-4-2-3-5-17(15)33-10-12-6-13(20(22,23)24)8-14(7-12)21(25,26)27/h2-8,11,16,28H,9-10H2,1H3,(H2,29,30,31,32)/t11?,16-/m0/s1. The van der Waals surface area contributed by atoms with E-state index in [0.29, 0.717) is 17.7 Å². The third-order valence-electron chi connectivity index (χ3n) is 4.91. The number of nitrogens with one attached hydrogen (secondary N) is 3. The highest BCUT2D eigenvalue weighted by Gasteiger charge is 2.37. The number of amides is 3. The van der Waals surface area contributed by atoms with Crippen molar-refractivity contribution in [1.82, 2.24) is 16.0 Å². The van der Waals surface area contributed by atoms with Crippen molar-refractivity contribution in [2.75, 3.05) is 6.54 Å². The van der Waals surface area contributed by atoms with Crippen molar-refractivity contribution in [2.45, 2.75) is 38.0 Å². The second-order valence-corrected chi connectivity index (χ2v) is 7.39. The maximum atomic E-state index is 13.1. The van der Waals surface area contributed by atoms with Crippen LogP contribution in [0, 0.1) is 0 Å². The first-order valence-corrected chi connectivity index (χ1v) is 9.69. The molecule has 33 heavy (non-hydrogen) atoms. The Labute approximate surface area is 184 Å². The predicted octanol–water partition coefficient (Wildman–Crippen LogP) is 4.16. The van der Waals surface area contributed by atoms with Crippen molar-refractivity contribution in [3.05, 3.63) is 64.7 Å². The van der Waals surface area contributed by atoms with Gasteiger partial charge in [0.05, 0.1) is 11.1 Å². The maximum absolute atomic E-state index is 13.1. The van der Waals surface area contributed by atoms with Gasteiger partial charge < -0.3 is 15.4 Å². The van der Waals surface area contributed by atoms with E-state index in [4.69, 9.17) is 4.74 Å². The molecule has 3 N–H and O–H groups in total. The fourth-order valence-electron chi connectivity index (χ4n) is 3.24. The summed E-state index contributed by atoms with van der Waals surface area (Å²) < 4.78 is 83.9. The van der Waals surface area contributed by atoms with Gasteiger partial charge in [-0.3, -0.25) is 10.1 Å². The number of rotatable bonds is 7. The second-order valence-electron chi connectivity index (χ2n) is 7.39. The fraction of sp³-hybridized carbons (Fsp3) is 0.333. The number of hydrogen-bond donors (Lipinski definition) is 3. The number of alkyl halides is 6. The van der Waals surface area contributed by atoms with E-state index in [0.717, 1.165) is 0 Å². The number of imide groups is 1. The molecule has 1 fully saturated rings. The maximum Gasteiger partial charge on any atom is 0.416 e. The van der Waals surface area contributed by atoms with Crippen molar-refractivity contribution in [1.29, 1.82) is 0 Å². The number of urea groups is 1. The molecular weight excluding hydrogens is 456 g/mol. The third-order valence-corrected chi connectivity index (χ3v) is 4.91. The van der Waals surface area contributed by atoms with Crippen LogP contribution in [-0.2, 0) is 23.8 Å². The molecule has 1 aliphatic rings. The van der Waals surface area contributed by atoms with Crippen LogP contribution >= 0.6 is 0 Å². The van der Waals surface area contributed by atoms with E-state index >= 15 is 0 Å². The zero-order valence-electron chi connectivity index (χ0n) is 17.1. The second kappa shape index (κ2) is 9.30. The molecule has 0 spiro atoms. The zero-order valence-corrected chi connectivity index (χ0v) is 17.1. The van der Waals surface area contributed by atoms with Crippen molar-refractivity contribution in [2.24, 2.45) is 0 Å². The highest BCUT2D eigenvalue weighted by atomic mass is 19.4. The Morgan fingerprint density at radius 1 is 1.00 bits per heavy atom. The molecule has 1 heterocycles. The third kappa shape index (κ3) is 6.15. The highest BCUT2D eigenvalue weighted by molar-refractivity contribution is 6.04. The average Bonchev–Trinajstić information content (AvgIpc) is 3.06. The molecule has 2 aromatic carbocycles. The van der Waals surface area contributed by atoms with Crippen LogP contribution in [0.5, 0.6) is 5.75 Å². The number of benzene rings is 2. The molecule has 0 saturated carbocycles. The molecule has 1 saturated heterocycles. The fourth-order valence-corrected chi connectivity index (χ4v) is 3.24. The van der Waals surface area contributed by atoms with E-state index in [9.17, 15) is 35.9 Å². The Hall–Kier alpha value is -3.28. The molecule has 12 heteroatoms. The first kappa shape index (κ1) is 24.4. The number of hydrogen-bond acceptors (Lipinski definition) is 4. The van der Waals surface area contributed by atoms with E-state index < -0.39 is 54.1 Å². The normalized spacial score (nSPS) is 17.5. The first-order chi connectivity index (χ1) is 15.3. The van der Waals surface area contributed by atoms with Gasteiger partial charge in [0.25, 0.3) is 5.91 Å². The molecule has 2 aromatic rings. The summed E-state index contributed by atoms with van der Waals surface area (Å²) in [4.78, 5) is 22.8. The van der Waals surface area contributed by atoms with Crippen molar-refractivity contribution >= 4 is 11.9 Å². The Morgan fingerprint density at radius 2 is 1.61 bits per heavy atom. The molecule has 3 amide bonds. The SMILES string of the molecule is CC(NC[C@@H]1NC(=O)NC1=O)c1ccccc1OCc1cc(C(F)(F)F)cc(C(F)(F)F)c1. The lowest BCUT2D eigenvalue weighted by atomic mass is 10.0. The summed E-state index contributed by atoms with van der Waals surface area (Å²) in [5.41, 5.74) is -2.57. The summed E-state index contributed by atoms with van der Waals surface area (Å²) in [5.74, 6) is -0.252. The van der Waals surface area contributed by atoms with Gasteiger partial charge in [-0.1, -0.05) is 18.2 Å². The van der Waals surface area contributed by atoms with Gasteiger partial charge in [0, 0.05) is 18.2 Å². The number of carbonyl (C=O) groups excluding carboxylic acids is 2. The van der Waals surface area contributed by atoms with Crippen molar-refractivity contribution < 1.29 is 40.7 Å². The van der Waals surface area contributed by atoms with Crippen LogP contribution in [0.1, 0.15) is 35.2 Å². The average molecular weight is 475 g/mol. The van der Waals surface area contributed by atoms with Crippen molar-refractivity contribution in [3.8, 4) is 5.75 Å². The molecule has 0 radical (unpaired) electrons. The summed E-state index contributed by atoms with van der Waals surface area (Å²) in [6.07, 6.45) is -9.90. The van der Waals surface area contributed by atoms with E-state index in [-0.39, 0.29) is 23.9 Å². The monoisotopic (exact) mass is 475 g/mol. The summed E-state index contributed by atoms with van der Waals surface area (Å²) in [6.45, 7) is 1.29. The minimum atomic E-state index is -4.95. The zero-order chi connectivity index (χ0) is 24.4. The molecule has 3 rings (SSSR count). The Bertz CT molecular complexity index is 1010. The van der Waals surface area contributed by atoms with Gasteiger partial charge in [0.1, 0.15) is 18.4 Å². The van der Waals surface area contributed by atoms with E-state index in [1.54, 1.807) is 25.1 Å². The quantitative estimate of drug-likeness (QED) is 0.415. The van der Waals surface area contributed by atoms with Crippen LogP contribution in [0.25, 0.3) is 0 Å². The van der Waals surface area contributed by atoms with Crippen LogP contribution in [-0.4, -0.2) is 24.5 Å². The molecule has 1 aliphatic heterocycles. The van der Waals surface area contributed by atoms with Crippen LogP contribution < -0.4 is 20.7 Å². The molecular formula is C21H19F6N3O3. The summed E-state index contributed by atoms with van der Waals surface area (Å²) >= 11 is 0. The Morgan fingerprint density at radius 3 is 2.15 bits per heavy atom.